The zero-order valence-corrected chi connectivity index (χ0v) is 8.48. The Bertz CT molecular complexity index is 338. The summed E-state index contributed by atoms with van der Waals surface area (Å²) in [7, 11) is 0. The van der Waals surface area contributed by atoms with Gasteiger partial charge in [0.15, 0.2) is 0 Å². The Kier molecular flexibility index (Phi) is 3.00. The normalized spacial score (nSPS) is 12.5. The van der Waals surface area contributed by atoms with E-state index >= 15 is 0 Å². The molecule has 0 unspecified atom stereocenters. The quantitative estimate of drug-likeness (QED) is 0.643. The molecule has 0 saturated carbocycles. The molecule has 1 aromatic carbocycles. The molecule has 0 fully saturated rings. The molecule has 0 amide bonds. The second-order valence-electron chi connectivity index (χ2n) is 2.64. The van der Waals surface area contributed by atoms with Crippen LogP contribution in [-0.4, -0.2) is 10.0 Å². The minimum Gasteiger partial charge on any atom is -0.388 e. The van der Waals surface area contributed by atoms with Crippen LogP contribution in [0.25, 0.3) is 0 Å². The smallest absolute Gasteiger partial charge is 0.276 e. The molecule has 0 aliphatic rings. The Hall–Kier alpha value is -0.940. The molecule has 0 spiro atoms. The van der Waals surface area contributed by atoms with E-state index in [-0.39, 0.29) is 5.69 Å². The van der Waals surface area contributed by atoms with Gasteiger partial charge in [0.05, 0.1) is 16.6 Å². The number of aliphatic hydroxyl groups is 1. The maximum atomic E-state index is 10.6. The zero-order chi connectivity index (χ0) is 10.0. The molecular formula is C8H8BrNO3. The van der Waals surface area contributed by atoms with E-state index < -0.39 is 11.0 Å². The van der Waals surface area contributed by atoms with Gasteiger partial charge in [-0.3, -0.25) is 10.1 Å². The van der Waals surface area contributed by atoms with Crippen LogP contribution >= 0.6 is 15.9 Å². The van der Waals surface area contributed by atoms with Crippen LogP contribution in [-0.2, 0) is 0 Å². The third-order valence-electron chi connectivity index (χ3n) is 1.64. The molecule has 1 atom stereocenters. The molecule has 1 N–H and O–H groups in total. The number of nitrogens with zero attached hydrogens (tertiary/aromatic N) is 1. The Morgan fingerprint density at radius 3 is 2.69 bits per heavy atom. The van der Waals surface area contributed by atoms with Gasteiger partial charge in [0.2, 0.25) is 0 Å². The monoisotopic (exact) mass is 245 g/mol. The lowest BCUT2D eigenvalue weighted by molar-refractivity contribution is -0.386. The van der Waals surface area contributed by atoms with Crippen LogP contribution in [0, 0.1) is 10.1 Å². The summed E-state index contributed by atoms with van der Waals surface area (Å²) in [6, 6.07) is 4.57. The van der Waals surface area contributed by atoms with Crippen LogP contribution in [0.5, 0.6) is 0 Å². The number of hydrogen-bond acceptors (Lipinski definition) is 3. The van der Waals surface area contributed by atoms with Crippen molar-refractivity contribution in [2.24, 2.45) is 0 Å². The molecule has 0 aromatic heterocycles. The molecule has 0 radical (unpaired) electrons. The first-order chi connectivity index (χ1) is 6.02. The van der Waals surface area contributed by atoms with Gasteiger partial charge >= 0.3 is 0 Å². The van der Waals surface area contributed by atoms with Crippen molar-refractivity contribution in [1.82, 2.24) is 0 Å². The van der Waals surface area contributed by atoms with Gasteiger partial charge in [-0.25, -0.2) is 0 Å². The third kappa shape index (κ3) is 2.26. The second-order valence-corrected chi connectivity index (χ2v) is 3.55. The topological polar surface area (TPSA) is 63.4 Å². The lowest BCUT2D eigenvalue weighted by Crippen LogP contribution is -1.98. The first kappa shape index (κ1) is 10.1. The summed E-state index contributed by atoms with van der Waals surface area (Å²) in [5.41, 5.74) is 0.262. The molecule has 1 aromatic rings. The molecule has 0 heterocycles. The summed E-state index contributed by atoms with van der Waals surface area (Å²) in [6.07, 6.45) is -0.825. The molecule has 5 heteroatoms. The van der Waals surface area contributed by atoms with Gasteiger partial charge in [0.25, 0.3) is 5.69 Å². The number of nitro groups is 1. The molecule has 70 valence electrons. The van der Waals surface area contributed by atoms with Gasteiger partial charge in [-0.2, -0.15) is 0 Å². The largest absolute Gasteiger partial charge is 0.388 e. The van der Waals surface area contributed by atoms with E-state index in [1.165, 1.54) is 19.1 Å². The van der Waals surface area contributed by atoms with Crippen molar-refractivity contribution < 1.29 is 10.0 Å². The Morgan fingerprint density at radius 2 is 2.23 bits per heavy atom. The molecule has 0 bridgehead atoms. The fraction of sp³-hybridized carbons (Fsp3) is 0.250. The average molecular weight is 246 g/mol. The molecular weight excluding hydrogens is 238 g/mol. The summed E-state index contributed by atoms with van der Waals surface area (Å²) < 4.78 is 0.628. The van der Waals surface area contributed by atoms with Gasteiger partial charge < -0.3 is 5.11 Å². The summed E-state index contributed by atoms with van der Waals surface area (Å²) in [6.45, 7) is 1.50. The van der Waals surface area contributed by atoms with Crippen LogP contribution in [0.4, 0.5) is 5.69 Å². The number of halogens is 1. The first-order valence-corrected chi connectivity index (χ1v) is 4.43. The Balaban J connectivity index is 3.27. The van der Waals surface area contributed by atoms with E-state index in [1.807, 2.05) is 0 Å². The van der Waals surface area contributed by atoms with Crippen LogP contribution in [0.2, 0.25) is 0 Å². The van der Waals surface area contributed by atoms with Crippen molar-refractivity contribution in [3.05, 3.63) is 38.3 Å². The highest BCUT2D eigenvalue weighted by molar-refractivity contribution is 9.10. The van der Waals surface area contributed by atoms with Crippen molar-refractivity contribution in [1.29, 1.82) is 0 Å². The summed E-state index contributed by atoms with van der Waals surface area (Å²) in [5, 5.41) is 19.8. The van der Waals surface area contributed by atoms with E-state index in [2.05, 4.69) is 15.9 Å². The first-order valence-electron chi connectivity index (χ1n) is 3.64. The van der Waals surface area contributed by atoms with E-state index in [1.54, 1.807) is 6.07 Å². The predicted octanol–water partition coefficient (Wildman–Crippen LogP) is 2.41. The zero-order valence-electron chi connectivity index (χ0n) is 6.90. The van der Waals surface area contributed by atoms with Crippen molar-refractivity contribution in [3.8, 4) is 0 Å². The fourth-order valence-electron chi connectivity index (χ4n) is 1.03. The van der Waals surface area contributed by atoms with Crippen LogP contribution in [0.15, 0.2) is 22.7 Å². The number of aliphatic hydroxyl groups excluding tert-OH is 1. The van der Waals surface area contributed by atoms with Gasteiger partial charge in [-0.1, -0.05) is 15.9 Å². The minimum atomic E-state index is -0.825. The van der Waals surface area contributed by atoms with Crippen molar-refractivity contribution >= 4 is 21.6 Å². The van der Waals surface area contributed by atoms with Crippen LogP contribution in [0.1, 0.15) is 18.6 Å². The molecule has 0 aliphatic carbocycles. The third-order valence-corrected chi connectivity index (χ3v) is 2.13. The van der Waals surface area contributed by atoms with E-state index in [0.29, 0.717) is 10.0 Å². The van der Waals surface area contributed by atoms with Gasteiger partial charge in [0.1, 0.15) is 0 Å². The average Bonchev–Trinajstić information content (AvgIpc) is 2.03. The molecule has 1 rings (SSSR count). The number of rotatable bonds is 2. The fourth-order valence-corrected chi connectivity index (χ4v) is 1.38. The highest BCUT2D eigenvalue weighted by Crippen LogP contribution is 2.27. The molecule has 0 saturated heterocycles. The summed E-state index contributed by atoms with van der Waals surface area (Å²) >= 11 is 3.13. The van der Waals surface area contributed by atoms with Crippen LogP contribution in [0.3, 0.4) is 0 Å². The standard InChI is InChI=1S/C8H8BrNO3/c1-5(11)7-3-2-6(9)4-8(7)10(12)13/h2-5,11H,1H3/t5-/m1/s1. The van der Waals surface area contributed by atoms with Gasteiger partial charge in [-0.05, 0) is 19.1 Å². The van der Waals surface area contributed by atoms with E-state index in [9.17, 15) is 15.2 Å². The molecule has 4 nitrogen and oxygen atoms in total. The lowest BCUT2D eigenvalue weighted by atomic mass is 10.1. The Morgan fingerprint density at radius 1 is 1.62 bits per heavy atom. The molecule has 13 heavy (non-hydrogen) atoms. The summed E-state index contributed by atoms with van der Waals surface area (Å²) in [5.74, 6) is 0. The second kappa shape index (κ2) is 3.85. The highest BCUT2D eigenvalue weighted by Gasteiger charge is 2.17. The van der Waals surface area contributed by atoms with Crippen molar-refractivity contribution in [3.63, 3.8) is 0 Å². The predicted molar refractivity (Wildman–Crippen MR) is 51.4 cm³/mol. The summed E-state index contributed by atoms with van der Waals surface area (Å²) in [4.78, 5) is 10.0. The lowest BCUT2D eigenvalue weighted by Gasteiger charge is -2.05. The number of benzene rings is 1. The van der Waals surface area contributed by atoms with E-state index in [0.717, 1.165) is 0 Å². The number of nitro benzene ring substituents is 1. The highest BCUT2D eigenvalue weighted by atomic mass is 79.9. The molecule has 0 aliphatic heterocycles. The maximum absolute atomic E-state index is 10.6. The Labute approximate surface area is 83.5 Å². The minimum absolute atomic E-state index is 0.0654. The van der Waals surface area contributed by atoms with Crippen LogP contribution < -0.4 is 0 Å². The maximum Gasteiger partial charge on any atom is 0.276 e. The van der Waals surface area contributed by atoms with Crippen molar-refractivity contribution in [2.45, 2.75) is 13.0 Å². The SMILES string of the molecule is C[C@@H](O)c1ccc(Br)cc1[N+](=O)[O-]. The van der Waals surface area contributed by atoms with Gasteiger partial charge in [-0.15, -0.1) is 0 Å². The number of hydrogen-bond donors (Lipinski definition) is 1. The van der Waals surface area contributed by atoms with Gasteiger partial charge in [0, 0.05) is 10.5 Å². The van der Waals surface area contributed by atoms with E-state index in [4.69, 9.17) is 0 Å². The van der Waals surface area contributed by atoms with Crippen molar-refractivity contribution in [2.75, 3.05) is 0 Å².